The van der Waals surface area contributed by atoms with E-state index < -0.39 is 0 Å². The van der Waals surface area contributed by atoms with Crippen molar-refractivity contribution in [2.24, 2.45) is 5.73 Å². The molecule has 2 rings (SSSR count). The first-order valence-electron chi connectivity index (χ1n) is 6.20. The molecule has 2 nitrogen and oxygen atoms in total. The van der Waals surface area contributed by atoms with Crippen molar-refractivity contribution < 1.29 is 0 Å². The summed E-state index contributed by atoms with van der Waals surface area (Å²) >= 11 is 1.90. The van der Waals surface area contributed by atoms with E-state index in [2.05, 4.69) is 31.7 Å². The largest absolute Gasteiger partial charge is 0.326 e. The molecule has 0 bridgehead atoms. The number of thiophene rings is 1. The number of piperidine rings is 1. The smallest absolute Gasteiger partial charge is 0.0510 e. The quantitative estimate of drug-likeness (QED) is 0.858. The lowest BCUT2D eigenvalue weighted by molar-refractivity contribution is 0.136. The first kappa shape index (κ1) is 12.1. The van der Waals surface area contributed by atoms with E-state index in [1.165, 1.54) is 28.3 Å². The van der Waals surface area contributed by atoms with Gasteiger partial charge in [0.1, 0.15) is 0 Å². The van der Waals surface area contributed by atoms with Crippen LogP contribution in [0.1, 0.15) is 41.1 Å². The Morgan fingerprint density at radius 3 is 2.81 bits per heavy atom. The van der Waals surface area contributed by atoms with Crippen LogP contribution in [0.2, 0.25) is 0 Å². The van der Waals surface area contributed by atoms with Crippen molar-refractivity contribution in [2.45, 2.75) is 45.7 Å². The lowest BCUT2D eigenvalue weighted by Crippen LogP contribution is -2.45. The lowest BCUT2D eigenvalue weighted by atomic mass is 9.91. The molecule has 2 unspecified atom stereocenters. The molecule has 1 aromatic rings. The molecule has 1 fully saturated rings. The summed E-state index contributed by atoms with van der Waals surface area (Å²) in [5, 5.41) is 0. The molecule has 0 aliphatic carbocycles. The van der Waals surface area contributed by atoms with E-state index in [1.54, 1.807) is 0 Å². The molecule has 2 N–H and O–H groups in total. The summed E-state index contributed by atoms with van der Waals surface area (Å²) in [5.41, 5.74) is 7.79. The second-order valence-electron chi connectivity index (χ2n) is 4.75. The number of hydrogen-bond acceptors (Lipinski definition) is 3. The van der Waals surface area contributed by atoms with E-state index in [9.17, 15) is 0 Å². The molecule has 1 aliphatic rings. The van der Waals surface area contributed by atoms with Crippen molar-refractivity contribution in [3.8, 4) is 0 Å². The fourth-order valence-corrected chi connectivity index (χ4v) is 3.79. The normalized spacial score (nSPS) is 27.2. The summed E-state index contributed by atoms with van der Waals surface area (Å²) in [7, 11) is 0. The number of nitrogens with zero attached hydrogens (tertiary/aromatic N) is 1. The van der Waals surface area contributed by atoms with Gasteiger partial charge in [-0.05, 0) is 51.4 Å². The van der Waals surface area contributed by atoms with Gasteiger partial charge in [0.25, 0.3) is 0 Å². The fraction of sp³-hybridized carbons (Fsp3) is 0.692. The minimum absolute atomic E-state index is 0.307. The van der Waals surface area contributed by atoms with Gasteiger partial charge < -0.3 is 5.73 Å². The number of nitrogens with two attached hydrogens (primary N) is 1. The minimum atomic E-state index is 0.307. The van der Waals surface area contributed by atoms with Crippen molar-refractivity contribution in [3.05, 3.63) is 21.4 Å². The van der Waals surface area contributed by atoms with Gasteiger partial charge in [0.15, 0.2) is 0 Å². The maximum absolute atomic E-state index is 6.32. The van der Waals surface area contributed by atoms with E-state index in [4.69, 9.17) is 5.73 Å². The van der Waals surface area contributed by atoms with Crippen molar-refractivity contribution in [2.75, 3.05) is 13.1 Å². The average Bonchev–Trinajstić information content (AvgIpc) is 2.57. The van der Waals surface area contributed by atoms with Crippen LogP contribution in [-0.2, 0) is 0 Å². The molecule has 1 saturated heterocycles. The Labute approximate surface area is 102 Å². The van der Waals surface area contributed by atoms with Gasteiger partial charge in [-0.25, -0.2) is 0 Å². The maximum Gasteiger partial charge on any atom is 0.0510 e. The van der Waals surface area contributed by atoms with Crippen LogP contribution in [0, 0.1) is 13.8 Å². The Hall–Kier alpha value is -0.380. The number of rotatable bonds is 2. The Bertz CT molecular complexity index is 359. The summed E-state index contributed by atoms with van der Waals surface area (Å²) in [5.74, 6) is 0. The molecule has 16 heavy (non-hydrogen) atoms. The third-order valence-corrected chi connectivity index (χ3v) is 4.57. The first-order valence-corrected chi connectivity index (χ1v) is 7.01. The van der Waals surface area contributed by atoms with E-state index in [-0.39, 0.29) is 0 Å². The highest BCUT2D eigenvalue weighted by molar-refractivity contribution is 7.12. The average molecular weight is 238 g/mol. The Morgan fingerprint density at radius 1 is 1.50 bits per heavy atom. The van der Waals surface area contributed by atoms with Gasteiger partial charge in [0, 0.05) is 15.8 Å². The molecule has 90 valence electrons. The molecule has 0 radical (unpaired) electrons. The number of aryl methyl sites for hydroxylation is 2. The van der Waals surface area contributed by atoms with E-state index in [0.29, 0.717) is 12.1 Å². The first-order chi connectivity index (χ1) is 7.63. The molecular weight excluding hydrogens is 216 g/mol. The molecule has 0 spiro atoms. The minimum Gasteiger partial charge on any atom is -0.326 e. The third-order valence-electron chi connectivity index (χ3n) is 3.59. The number of likely N-dealkylation sites (N-methyl/N-ethyl adjacent to an activating group) is 1. The second kappa shape index (κ2) is 4.86. The van der Waals surface area contributed by atoms with Gasteiger partial charge in [-0.15, -0.1) is 11.3 Å². The summed E-state index contributed by atoms with van der Waals surface area (Å²) in [6.45, 7) is 8.95. The van der Waals surface area contributed by atoms with Crippen molar-refractivity contribution in [1.82, 2.24) is 4.90 Å². The molecule has 0 amide bonds. The van der Waals surface area contributed by atoms with E-state index in [0.717, 1.165) is 13.0 Å². The zero-order valence-corrected chi connectivity index (χ0v) is 11.3. The van der Waals surface area contributed by atoms with Crippen LogP contribution in [0.4, 0.5) is 0 Å². The molecule has 2 heterocycles. The van der Waals surface area contributed by atoms with Crippen LogP contribution in [-0.4, -0.2) is 24.0 Å². The van der Waals surface area contributed by atoms with Crippen LogP contribution in [0.5, 0.6) is 0 Å². The predicted octanol–water partition coefficient (Wildman–Crippen LogP) is 2.85. The monoisotopic (exact) mass is 238 g/mol. The summed E-state index contributed by atoms with van der Waals surface area (Å²) in [4.78, 5) is 5.38. The molecular formula is C13H22N2S. The molecule has 3 heteroatoms. The molecule has 2 atom stereocenters. The molecule has 1 aliphatic heterocycles. The van der Waals surface area contributed by atoms with Crippen LogP contribution < -0.4 is 5.73 Å². The van der Waals surface area contributed by atoms with Gasteiger partial charge in [-0.3, -0.25) is 4.90 Å². The van der Waals surface area contributed by atoms with Crippen molar-refractivity contribution >= 4 is 11.3 Å². The topological polar surface area (TPSA) is 29.3 Å². The molecule has 1 aromatic heterocycles. The summed E-state index contributed by atoms with van der Waals surface area (Å²) < 4.78 is 0. The Balaban J connectivity index is 2.31. The highest BCUT2D eigenvalue weighted by Crippen LogP contribution is 2.35. The molecule has 0 aromatic carbocycles. The van der Waals surface area contributed by atoms with Gasteiger partial charge in [-0.2, -0.15) is 0 Å². The molecule has 0 saturated carbocycles. The van der Waals surface area contributed by atoms with Crippen molar-refractivity contribution in [1.29, 1.82) is 0 Å². The Morgan fingerprint density at radius 2 is 2.25 bits per heavy atom. The highest BCUT2D eigenvalue weighted by atomic mass is 32.1. The summed E-state index contributed by atoms with van der Waals surface area (Å²) in [6, 6.07) is 3.09. The van der Waals surface area contributed by atoms with Crippen molar-refractivity contribution in [3.63, 3.8) is 0 Å². The van der Waals surface area contributed by atoms with Crippen LogP contribution in [0.15, 0.2) is 6.07 Å². The van der Waals surface area contributed by atoms with Crippen LogP contribution in [0.3, 0.4) is 0 Å². The van der Waals surface area contributed by atoms with E-state index >= 15 is 0 Å². The lowest BCUT2D eigenvalue weighted by Gasteiger charge is -2.39. The second-order valence-corrected chi connectivity index (χ2v) is 6.21. The van der Waals surface area contributed by atoms with Gasteiger partial charge in [-0.1, -0.05) is 6.92 Å². The standard InChI is InChI=1S/C13H22N2S/c1-4-15-7-5-6-12(14)13(15)11-8-9(2)16-10(11)3/h8,12-13H,4-7,14H2,1-3H3. The fourth-order valence-electron chi connectivity index (χ4n) is 2.82. The Kier molecular flexibility index (Phi) is 3.67. The third kappa shape index (κ3) is 2.17. The van der Waals surface area contributed by atoms with Crippen LogP contribution >= 0.6 is 11.3 Å². The zero-order valence-electron chi connectivity index (χ0n) is 10.5. The van der Waals surface area contributed by atoms with Gasteiger partial charge >= 0.3 is 0 Å². The highest BCUT2D eigenvalue weighted by Gasteiger charge is 2.30. The van der Waals surface area contributed by atoms with E-state index in [1.807, 2.05) is 11.3 Å². The number of likely N-dealkylation sites (tertiary alicyclic amines) is 1. The predicted molar refractivity (Wildman–Crippen MR) is 71.0 cm³/mol. The van der Waals surface area contributed by atoms with Gasteiger partial charge in [0.2, 0.25) is 0 Å². The zero-order chi connectivity index (χ0) is 11.7. The SMILES string of the molecule is CCN1CCCC(N)C1c1cc(C)sc1C. The maximum atomic E-state index is 6.32. The van der Waals surface area contributed by atoms with Crippen LogP contribution in [0.25, 0.3) is 0 Å². The van der Waals surface area contributed by atoms with Gasteiger partial charge in [0.05, 0.1) is 6.04 Å². The summed E-state index contributed by atoms with van der Waals surface area (Å²) in [6.07, 6.45) is 2.41. The number of hydrogen-bond donors (Lipinski definition) is 1.